The Kier molecular flexibility index (Phi) is 11.1. The van der Waals surface area contributed by atoms with Crippen LogP contribution >= 0.6 is 34.8 Å². The summed E-state index contributed by atoms with van der Waals surface area (Å²) in [5.74, 6) is -0.462. The van der Waals surface area contributed by atoms with Crippen LogP contribution in [0.2, 0.25) is 15.1 Å². The second-order valence-electron chi connectivity index (χ2n) is 8.72. The van der Waals surface area contributed by atoms with Gasteiger partial charge < -0.3 is 15.0 Å². The highest BCUT2D eigenvalue weighted by atomic mass is 35.5. The third kappa shape index (κ3) is 7.81. The van der Waals surface area contributed by atoms with E-state index in [9.17, 15) is 18.0 Å². The molecule has 0 bridgehead atoms. The Labute approximate surface area is 249 Å². The maximum atomic E-state index is 13.9. The highest BCUT2D eigenvalue weighted by Gasteiger charge is 2.32. The van der Waals surface area contributed by atoms with Gasteiger partial charge in [0.2, 0.25) is 11.8 Å². The SMILES string of the molecule is CCNC(=O)C(C)N(Cc1ccc(Cl)cc1Cl)C(=O)CN(c1ccc(OCC)cc1)S(=O)(=O)c1ccc(Cl)cc1. The smallest absolute Gasteiger partial charge is 0.264 e. The summed E-state index contributed by atoms with van der Waals surface area (Å²) in [6, 6.07) is 15.9. The van der Waals surface area contributed by atoms with Crippen LogP contribution in [-0.4, -0.2) is 50.9 Å². The number of anilines is 1. The Morgan fingerprint density at radius 3 is 2.12 bits per heavy atom. The van der Waals surface area contributed by atoms with Crippen LogP contribution in [0.3, 0.4) is 0 Å². The average Bonchev–Trinajstić information content (AvgIpc) is 2.92. The number of benzene rings is 3. The van der Waals surface area contributed by atoms with E-state index in [0.29, 0.717) is 39.5 Å². The van der Waals surface area contributed by atoms with E-state index in [1.807, 2.05) is 6.92 Å². The number of sulfonamides is 1. The molecule has 3 aromatic rings. The van der Waals surface area contributed by atoms with E-state index < -0.39 is 34.4 Å². The number of halogens is 3. The van der Waals surface area contributed by atoms with Gasteiger partial charge in [0.1, 0.15) is 18.3 Å². The lowest BCUT2D eigenvalue weighted by atomic mass is 10.1. The molecule has 0 saturated heterocycles. The molecule has 0 fully saturated rings. The number of likely N-dealkylation sites (N-methyl/N-ethyl adjacent to an activating group) is 1. The third-order valence-corrected chi connectivity index (χ3v) is 8.62. The number of ether oxygens (including phenoxy) is 1. The normalized spacial score (nSPS) is 11.9. The molecule has 2 amide bonds. The maximum absolute atomic E-state index is 13.9. The van der Waals surface area contributed by atoms with Crippen LogP contribution in [-0.2, 0) is 26.2 Å². The Morgan fingerprint density at radius 1 is 0.925 bits per heavy atom. The van der Waals surface area contributed by atoms with Gasteiger partial charge in [-0.25, -0.2) is 8.42 Å². The van der Waals surface area contributed by atoms with Crippen molar-refractivity contribution < 1.29 is 22.7 Å². The predicted octanol–water partition coefficient (Wildman–Crippen LogP) is 5.79. The third-order valence-electron chi connectivity index (χ3n) is 5.99. The van der Waals surface area contributed by atoms with Gasteiger partial charge in [0.15, 0.2) is 0 Å². The van der Waals surface area contributed by atoms with Crippen molar-refractivity contribution in [1.82, 2.24) is 10.2 Å². The fourth-order valence-corrected chi connectivity index (χ4v) is 5.88. The van der Waals surface area contributed by atoms with Gasteiger partial charge in [-0.1, -0.05) is 40.9 Å². The molecule has 3 aromatic carbocycles. The van der Waals surface area contributed by atoms with E-state index in [4.69, 9.17) is 39.5 Å². The second-order valence-corrected chi connectivity index (χ2v) is 11.9. The first kappa shape index (κ1) is 31.5. The minimum absolute atomic E-state index is 0.0504. The van der Waals surface area contributed by atoms with Crippen LogP contribution in [0.1, 0.15) is 26.3 Å². The molecular weight excluding hydrogens is 597 g/mol. The molecular formula is C28H30Cl3N3O5S. The van der Waals surface area contributed by atoms with Crippen LogP contribution in [0.4, 0.5) is 5.69 Å². The molecule has 0 radical (unpaired) electrons. The topological polar surface area (TPSA) is 96.0 Å². The number of rotatable bonds is 12. The number of hydrogen-bond acceptors (Lipinski definition) is 5. The summed E-state index contributed by atoms with van der Waals surface area (Å²) in [4.78, 5) is 27.9. The first-order valence-corrected chi connectivity index (χ1v) is 15.1. The summed E-state index contributed by atoms with van der Waals surface area (Å²) < 4.78 is 34.2. The lowest BCUT2D eigenvalue weighted by molar-refractivity contribution is -0.139. The molecule has 1 N–H and O–H groups in total. The molecule has 0 heterocycles. The van der Waals surface area contributed by atoms with Gasteiger partial charge >= 0.3 is 0 Å². The van der Waals surface area contributed by atoms with Gasteiger partial charge in [0, 0.05) is 28.2 Å². The van der Waals surface area contributed by atoms with Crippen molar-refractivity contribution in [2.45, 2.75) is 38.3 Å². The minimum Gasteiger partial charge on any atom is -0.494 e. The molecule has 0 aliphatic heterocycles. The summed E-state index contributed by atoms with van der Waals surface area (Å²) in [5.41, 5.74) is 0.783. The van der Waals surface area contributed by atoms with E-state index in [1.165, 1.54) is 35.2 Å². The molecule has 0 aliphatic rings. The lowest BCUT2D eigenvalue weighted by Gasteiger charge is -2.32. The zero-order valence-corrected chi connectivity index (χ0v) is 25.3. The number of nitrogens with zero attached hydrogens (tertiary/aromatic N) is 2. The van der Waals surface area contributed by atoms with Gasteiger partial charge in [0.05, 0.1) is 17.2 Å². The van der Waals surface area contributed by atoms with Crippen LogP contribution in [0.15, 0.2) is 71.6 Å². The van der Waals surface area contributed by atoms with E-state index in [-0.39, 0.29) is 17.1 Å². The predicted molar refractivity (Wildman–Crippen MR) is 159 cm³/mol. The molecule has 8 nitrogen and oxygen atoms in total. The number of hydrogen-bond donors (Lipinski definition) is 1. The number of carbonyl (C=O) groups excluding carboxylic acids is 2. The summed E-state index contributed by atoms with van der Waals surface area (Å²) in [6.45, 7) is 5.32. The molecule has 214 valence electrons. The van der Waals surface area contributed by atoms with Gasteiger partial charge in [0.25, 0.3) is 10.0 Å². The van der Waals surface area contributed by atoms with Gasteiger partial charge in [-0.05, 0) is 87.0 Å². The highest BCUT2D eigenvalue weighted by molar-refractivity contribution is 7.92. The van der Waals surface area contributed by atoms with Gasteiger partial charge in [-0.3, -0.25) is 13.9 Å². The van der Waals surface area contributed by atoms with Crippen molar-refractivity contribution in [2.24, 2.45) is 0 Å². The molecule has 3 rings (SSSR count). The molecule has 0 aromatic heterocycles. The largest absolute Gasteiger partial charge is 0.494 e. The van der Waals surface area contributed by atoms with E-state index in [0.717, 1.165) is 4.31 Å². The first-order valence-electron chi connectivity index (χ1n) is 12.5. The number of amides is 2. The molecule has 0 saturated carbocycles. The summed E-state index contributed by atoms with van der Waals surface area (Å²) in [7, 11) is -4.23. The fraction of sp³-hybridized carbons (Fsp3) is 0.286. The summed E-state index contributed by atoms with van der Waals surface area (Å²) in [5, 5.41) is 3.80. The Balaban J connectivity index is 2.05. The Bertz CT molecular complexity index is 1430. The quantitative estimate of drug-likeness (QED) is 0.274. The molecule has 0 spiro atoms. The van der Waals surface area contributed by atoms with Gasteiger partial charge in [-0.15, -0.1) is 0 Å². The monoisotopic (exact) mass is 625 g/mol. The van der Waals surface area contributed by atoms with Crippen molar-refractivity contribution in [1.29, 1.82) is 0 Å². The van der Waals surface area contributed by atoms with Crippen molar-refractivity contribution >= 4 is 62.3 Å². The van der Waals surface area contributed by atoms with E-state index >= 15 is 0 Å². The van der Waals surface area contributed by atoms with Crippen LogP contribution in [0.25, 0.3) is 0 Å². The molecule has 1 unspecified atom stereocenters. The van der Waals surface area contributed by atoms with E-state index in [2.05, 4.69) is 5.32 Å². The van der Waals surface area contributed by atoms with Crippen molar-refractivity contribution in [3.05, 3.63) is 87.4 Å². The number of carbonyl (C=O) groups is 2. The van der Waals surface area contributed by atoms with Crippen molar-refractivity contribution in [2.75, 3.05) is 24.0 Å². The zero-order valence-electron chi connectivity index (χ0n) is 22.2. The zero-order chi connectivity index (χ0) is 29.4. The second kappa shape index (κ2) is 14.1. The standard InChI is InChI=1S/C28H30Cl3N3O5S/c1-4-32-28(36)19(3)33(17-20-6-7-22(30)16-26(20)31)27(35)18-34(23-10-12-24(13-11-23)39-5-2)40(37,38)25-14-8-21(29)9-15-25/h6-16,19H,4-5,17-18H2,1-3H3,(H,32,36). The Hall–Kier alpha value is -2.98. The lowest BCUT2D eigenvalue weighted by Crippen LogP contribution is -2.51. The fourth-order valence-electron chi connectivity index (χ4n) is 3.88. The number of nitrogens with one attached hydrogen (secondary N) is 1. The van der Waals surface area contributed by atoms with Crippen molar-refractivity contribution in [3.63, 3.8) is 0 Å². The molecule has 0 aliphatic carbocycles. The van der Waals surface area contributed by atoms with Crippen molar-refractivity contribution in [3.8, 4) is 5.75 Å². The van der Waals surface area contributed by atoms with Crippen LogP contribution < -0.4 is 14.4 Å². The molecule has 40 heavy (non-hydrogen) atoms. The molecule has 1 atom stereocenters. The minimum atomic E-state index is -4.23. The highest BCUT2D eigenvalue weighted by Crippen LogP contribution is 2.28. The first-order chi connectivity index (χ1) is 19.0. The summed E-state index contributed by atoms with van der Waals surface area (Å²) >= 11 is 18.4. The average molecular weight is 627 g/mol. The van der Waals surface area contributed by atoms with Crippen LogP contribution in [0.5, 0.6) is 5.75 Å². The summed E-state index contributed by atoms with van der Waals surface area (Å²) in [6.07, 6.45) is 0. The Morgan fingerprint density at radius 2 is 1.55 bits per heavy atom. The molecule has 12 heteroatoms. The van der Waals surface area contributed by atoms with Gasteiger partial charge in [-0.2, -0.15) is 0 Å². The maximum Gasteiger partial charge on any atom is 0.264 e. The van der Waals surface area contributed by atoms with E-state index in [1.54, 1.807) is 50.2 Å². The van der Waals surface area contributed by atoms with Crippen LogP contribution in [0, 0.1) is 0 Å².